The third kappa shape index (κ3) is 3.28. The van der Waals surface area contributed by atoms with Gasteiger partial charge in [0.2, 0.25) is 0 Å². The maximum atomic E-state index is 14.7. The largest absolute Gasteiger partial charge is 0.477 e. The van der Waals surface area contributed by atoms with Crippen LogP contribution in [0.3, 0.4) is 0 Å². The van der Waals surface area contributed by atoms with Crippen molar-refractivity contribution in [2.24, 2.45) is 0 Å². The summed E-state index contributed by atoms with van der Waals surface area (Å²) in [4.78, 5) is 27.5. The molecule has 7 heteroatoms. The summed E-state index contributed by atoms with van der Waals surface area (Å²) >= 11 is 0. The number of carboxylic acid groups (broad SMARTS) is 1. The molecule has 2 heterocycles. The van der Waals surface area contributed by atoms with Gasteiger partial charge in [0.15, 0.2) is 0 Å². The summed E-state index contributed by atoms with van der Waals surface area (Å²) in [6.45, 7) is 2.92. The van der Waals surface area contributed by atoms with Crippen LogP contribution in [0.15, 0.2) is 29.1 Å². The number of carbonyl (C=O) groups is 1. The van der Waals surface area contributed by atoms with Crippen molar-refractivity contribution in [2.45, 2.75) is 25.9 Å². The SMILES string of the molecule is CCc1cc(C(=O)O)c(=O)[nH]c1-c1ccc(N2CCC(O)C2)cc1F. The van der Waals surface area contributed by atoms with Crippen LogP contribution in [0.25, 0.3) is 11.3 Å². The molecular weight excluding hydrogens is 327 g/mol. The van der Waals surface area contributed by atoms with Gasteiger partial charge in [-0.15, -0.1) is 0 Å². The van der Waals surface area contributed by atoms with E-state index in [0.717, 1.165) is 0 Å². The molecule has 0 amide bonds. The smallest absolute Gasteiger partial charge is 0.341 e. The van der Waals surface area contributed by atoms with Crippen molar-refractivity contribution in [2.75, 3.05) is 18.0 Å². The number of aliphatic hydroxyl groups excluding tert-OH is 1. The highest BCUT2D eigenvalue weighted by atomic mass is 19.1. The van der Waals surface area contributed by atoms with Gasteiger partial charge in [-0.3, -0.25) is 4.79 Å². The molecule has 3 rings (SSSR count). The van der Waals surface area contributed by atoms with Crippen molar-refractivity contribution in [3.63, 3.8) is 0 Å². The summed E-state index contributed by atoms with van der Waals surface area (Å²) in [6, 6.07) is 5.97. The van der Waals surface area contributed by atoms with Crippen molar-refractivity contribution < 1.29 is 19.4 Å². The van der Waals surface area contributed by atoms with E-state index in [1.54, 1.807) is 19.1 Å². The standard InChI is InChI=1S/C18H19FN2O4/c1-2-10-7-14(18(24)25)17(23)20-16(10)13-4-3-11(8-15(13)19)21-6-5-12(22)9-21/h3-4,7-8,12,22H,2,5-6,9H2,1H3,(H,20,23)(H,24,25). The van der Waals surface area contributed by atoms with E-state index < -0.39 is 23.4 Å². The molecule has 0 bridgehead atoms. The number of aromatic nitrogens is 1. The number of H-pyrrole nitrogens is 1. The molecule has 0 radical (unpaired) electrons. The van der Waals surface area contributed by atoms with E-state index >= 15 is 0 Å². The fourth-order valence-corrected chi connectivity index (χ4v) is 3.13. The molecule has 132 valence electrons. The van der Waals surface area contributed by atoms with E-state index in [9.17, 15) is 19.1 Å². The zero-order valence-corrected chi connectivity index (χ0v) is 13.8. The summed E-state index contributed by atoms with van der Waals surface area (Å²) < 4.78 is 14.7. The van der Waals surface area contributed by atoms with Gasteiger partial charge in [-0.2, -0.15) is 0 Å². The summed E-state index contributed by atoms with van der Waals surface area (Å²) in [5.41, 5.74) is 0.618. The number of pyridine rings is 1. The number of aromatic carboxylic acids is 1. The quantitative estimate of drug-likeness (QED) is 0.787. The number of anilines is 1. The third-order valence-electron chi connectivity index (χ3n) is 4.48. The van der Waals surface area contributed by atoms with Crippen molar-refractivity contribution in [1.29, 1.82) is 0 Å². The van der Waals surface area contributed by atoms with Crippen LogP contribution in [0.1, 0.15) is 29.3 Å². The number of aliphatic hydroxyl groups is 1. The topological polar surface area (TPSA) is 93.6 Å². The van der Waals surface area contributed by atoms with E-state index in [0.29, 0.717) is 42.9 Å². The molecule has 0 saturated carbocycles. The number of carboxylic acids is 1. The Morgan fingerprint density at radius 1 is 1.40 bits per heavy atom. The monoisotopic (exact) mass is 346 g/mol. The van der Waals surface area contributed by atoms with Crippen LogP contribution in [0, 0.1) is 5.82 Å². The molecule has 1 fully saturated rings. The van der Waals surface area contributed by atoms with E-state index in [1.807, 2.05) is 4.90 Å². The number of halogens is 1. The van der Waals surface area contributed by atoms with Gasteiger partial charge in [-0.25, -0.2) is 9.18 Å². The number of nitrogens with one attached hydrogen (secondary N) is 1. The number of hydrogen-bond acceptors (Lipinski definition) is 4. The molecule has 1 atom stereocenters. The van der Waals surface area contributed by atoms with E-state index in [1.165, 1.54) is 12.1 Å². The number of aromatic amines is 1. The zero-order chi connectivity index (χ0) is 18.1. The predicted molar refractivity (Wildman–Crippen MR) is 91.6 cm³/mol. The fourth-order valence-electron chi connectivity index (χ4n) is 3.13. The lowest BCUT2D eigenvalue weighted by Crippen LogP contribution is -2.21. The lowest BCUT2D eigenvalue weighted by molar-refractivity contribution is 0.0695. The van der Waals surface area contributed by atoms with Crippen LogP contribution in [0.5, 0.6) is 0 Å². The third-order valence-corrected chi connectivity index (χ3v) is 4.48. The Kier molecular flexibility index (Phi) is 4.59. The first-order chi connectivity index (χ1) is 11.9. The summed E-state index contributed by atoms with van der Waals surface area (Å²) in [6.07, 6.45) is 0.688. The summed E-state index contributed by atoms with van der Waals surface area (Å²) in [5, 5.41) is 18.7. The van der Waals surface area contributed by atoms with E-state index in [2.05, 4.69) is 4.98 Å². The molecule has 1 aliphatic rings. The molecular formula is C18H19FN2O4. The number of aryl methyl sites for hydroxylation is 1. The molecule has 0 aliphatic carbocycles. The Morgan fingerprint density at radius 3 is 2.72 bits per heavy atom. The number of nitrogens with zero attached hydrogens (tertiary/aromatic N) is 1. The minimum Gasteiger partial charge on any atom is -0.477 e. The molecule has 0 spiro atoms. The van der Waals surface area contributed by atoms with Crippen LogP contribution >= 0.6 is 0 Å². The highest BCUT2D eigenvalue weighted by Crippen LogP contribution is 2.29. The van der Waals surface area contributed by atoms with Crippen LogP contribution in [0.2, 0.25) is 0 Å². The highest BCUT2D eigenvalue weighted by molar-refractivity contribution is 5.88. The normalized spacial score (nSPS) is 17.1. The molecule has 25 heavy (non-hydrogen) atoms. The van der Waals surface area contributed by atoms with Crippen LogP contribution < -0.4 is 10.5 Å². The zero-order valence-electron chi connectivity index (χ0n) is 13.8. The molecule has 1 unspecified atom stereocenters. The van der Waals surface area contributed by atoms with Crippen molar-refractivity contribution in [3.05, 3.63) is 51.6 Å². The molecule has 3 N–H and O–H groups in total. The maximum Gasteiger partial charge on any atom is 0.341 e. The van der Waals surface area contributed by atoms with Crippen LogP contribution in [-0.2, 0) is 6.42 Å². The molecule has 1 aromatic heterocycles. The molecule has 6 nitrogen and oxygen atoms in total. The minimum absolute atomic E-state index is 0.217. The highest BCUT2D eigenvalue weighted by Gasteiger charge is 2.22. The van der Waals surface area contributed by atoms with E-state index in [-0.39, 0.29) is 11.1 Å². The lowest BCUT2D eigenvalue weighted by atomic mass is 10.0. The van der Waals surface area contributed by atoms with Crippen LogP contribution in [-0.4, -0.2) is 40.4 Å². The molecule has 1 aromatic carbocycles. The Hall–Kier alpha value is -2.67. The lowest BCUT2D eigenvalue weighted by Gasteiger charge is -2.19. The average molecular weight is 346 g/mol. The van der Waals surface area contributed by atoms with Crippen molar-refractivity contribution in [1.82, 2.24) is 4.98 Å². The molecule has 1 aliphatic heterocycles. The molecule has 1 saturated heterocycles. The van der Waals surface area contributed by atoms with Gasteiger partial charge in [0.25, 0.3) is 5.56 Å². The first kappa shape index (κ1) is 17.2. The van der Waals surface area contributed by atoms with Gasteiger partial charge >= 0.3 is 5.97 Å². The summed E-state index contributed by atoms with van der Waals surface area (Å²) in [7, 11) is 0. The number of benzene rings is 1. The van der Waals surface area contributed by atoms with Gasteiger partial charge in [-0.05, 0) is 42.7 Å². The van der Waals surface area contributed by atoms with Gasteiger partial charge in [0.1, 0.15) is 11.4 Å². The van der Waals surface area contributed by atoms with Crippen molar-refractivity contribution in [3.8, 4) is 11.3 Å². The molecule has 2 aromatic rings. The maximum absolute atomic E-state index is 14.7. The second-order valence-corrected chi connectivity index (χ2v) is 6.12. The second kappa shape index (κ2) is 6.68. The first-order valence-electron chi connectivity index (χ1n) is 8.13. The van der Waals surface area contributed by atoms with E-state index in [4.69, 9.17) is 5.11 Å². The number of hydrogen-bond donors (Lipinski definition) is 3. The first-order valence-corrected chi connectivity index (χ1v) is 8.13. The van der Waals surface area contributed by atoms with Gasteiger partial charge < -0.3 is 20.1 Å². The minimum atomic E-state index is -1.31. The number of rotatable bonds is 4. The van der Waals surface area contributed by atoms with Crippen molar-refractivity contribution >= 4 is 11.7 Å². The van der Waals surface area contributed by atoms with Gasteiger partial charge in [-0.1, -0.05) is 6.92 Å². The predicted octanol–water partition coefficient (Wildman–Crippen LogP) is 2.01. The number of β-amino-alcohol motifs (C(OH)–C–C–N with tert-alkyl or cyclic N) is 1. The van der Waals surface area contributed by atoms with Gasteiger partial charge in [0.05, 0.1) is 11.8 Å². The fraction of sp³-hybridized carbons (Fsp3) is 0.333. The Balaban J connectivity index is 2.03. The van der Waals surface area contributed by atoms with Crippen LogP contribution in [0.4, 0.5) is 10.1 Å². The Labute approximate surface area is 143 Å². The Bertz CT molecular complexity index is 878. The van der Waals surface area contributed by atoms with Gasteiger partial charge in [0, 0.05) is 24.3 Å². The Morgan fingerprint density at radius 2 is 2.16 bits per heavy atom. The average Bonchev–Trinajstić information content (AvgIpc) is 3.00. The summed E-state index contributed by atoms with van der Waals surface area (Å²) in [5.74, 6) is -1.82. The second-order valence-electron chi connectivity index (χ2n) is 6.12.